The Kier molecular flexibility index (Phi) is 2.42. The van der Waals surface area contributed by atoms with Crippen LogP contribution in [0, 0.1) is 0 Å². The van der Waals surface area contributed by atoms with Gasteiger partial charge in [0.05, 0.1) is 7.11 Å². The molecular formula is C6H9N5O. The second kappa shape index (κ2) is 3.51. The molecule has 64 valence electrons. The summed E-state index contributed by atoms with van der Waals surface area (Å²) in [6, 6.07) is 0.149. The van der Waals surface area contributed by atoms with Gasteiger partial charge in [-0.2, -0.15) is 9.98 Å². The summed E-state index contributed by atoms with van der Waals surface area (Å²) in [6.45, 7) is 3.54. The fourth-order valence-corrected chi connectivity index (χ4v) is 0.586. The first kappa shape index (κ1) is 8.25. The zero-order valence-electron chi connectivity index (χ0n) is 6.61. The second-order valence-corrected chi connectivity index (χ2v) is 1.93. The second-order valence-electron chi connectivity index (χ2n) is 1.93. The number of hydrogen-bond acceptors (Lipinski definition) is 6. The van der Waals surface area contributed by atoms with E-state index in [1.165, 1.54) is 13.4 Å². The summed E-state index contributed by atoms with van der Waals surface area (Å²) in [4.78, 5) is 11.3. The predicted octanol–water partition coefficient (Wildman–Crippen LogP) is -0.594. The molecule has 0 amide bonds. The Morgan fingerprint density at radius 1 is 1.67 bits per heavy atom. The Balaban J connectivity index is 2.90. The maximum atomic E-state index is 5.40. The Morgan fingerprint density at radius 3 is 3.08 bits per heavy atom. The van der Waals surface area contributed by atoms with Crippen LogP contribution < -0.4 is 11.1 Å². The number of ether oxygens (including phenoxy) is 1. The summed E-state index contributed by atoms with van der Waals surface area (Å²) < 4.78 is 4.75. The van der Waals surface area contributed by atoms with E-state index >= 15 is 0 Å². The van der Waals surface area contributed by atoms with Gasteiger partial charge in [-0.15, -0.1) is 0 Å². The van der Waals surface area contributed by atoms with Gasteiger partial charge in [-0.25, -0.2) is 4.99 Å². The van der Waals surface area contributed by atoms with Gasteiger partial charge in [-0.05, 0) is 0 Å². The van der Waals surface area contributed by atoms with Gasteiger partial charge in [0.25, 0.3) is 0 Å². The van der Waals surface area contributed by atoms with Crippen molar-refractivity contribution in [3.63, 3.8) is 0 Å². The van der Waals surface area contributed by atoms with Crippen LogP contribution in [0.5, 0.6) is 0 Å². The number of guanidine groups is 1. The van der Waals surface area contributed by atoms with Crippen LogP contribution in [0.2, 0.25) is 0 Å². The summed E-state index contributed by atoms with van der Waals surface area (Å²) in [5, 5.41) is 2.62. The van der Waals surface area contributed by atoms with Crippen molar-refractivity contribution in [2.45, 2.75) is 0 Å². The van der Waals surface area contributed by atoms with Gasteiger partial charge in [0.2, 0.25) is 5.96 Å². The molecule has 0 unspecified atom stereocenters. The number of methoxy groups -OCH3 is 1. The highest BCUT2D eigenvalue weighted by Crippen LogP contribution is 1.90. The largest absolute Gasteiger partial charge is 0.467 e. The van der Waals surface area contributed by atoms with E-state index in [2.05, 4.69) is 26.9 Å². The normalized spacial score (nSPS) is 16.9. The molecule has 6 nitrogen and oxygen atoms in total. The van der Waals surface area contributed by atoms with Gasteiger partial charge >= 0.3 is 6.02 Å². The van der Waals surface area contributed by atoms with E-state index in [9.17, 15) is 0 Å². The minimum atomic E-state index is 0.149. The Hall–Kier alpha value is -1.85. The zero-order valence-corrected chi connectivity index (χ0v) is 6.61. The molecule has 0 spiro atoms. The smallest absolute Gasteiger partial charge is 0.320 e. The Labute approximate surface area is 69.6 Å². The fourth-order valence-electron chi connectivity index (χ4n) is 0.586. The van der Waals surface area contributed by atoms with E-state index in [0.29, 0.717) is 5.82 Å². The van der Waals surface area contributed by atoms with Crippen molar-refractivity contribution in [2.75, 3.05) is 7.11 Å². The molecule has 0 aromatic heterocycles. The lowest BCUT2D eigenvalue weighted by atomic mass is 10.7. The third kappa shape index (κ3) is 2.08. The standard InChI is InChI=1S/C6H9N5O/c1-4-8-3-9-6(12-2)11-5(7)10-4/h3H,1H2,2H3,(H3,7,8,9,10,11). The molecule has 12 heavy (non-hydrogen) atoms. The van der Waals surface area contributed by atoms with E-state index in [4.69, 9.17) is 10.5 Å². The molecule has 0 aliphatic carbocycles. The number of nitrogens with one attached hydrogen (secondary N) is 1. The van der Waals surface area contributed by atoms with Crippen LogP contribution in [-0.4, -0.2) is 25.4 Å². The first-order chi connectivity index (χ1) is 5.72. The lowest BCUT2D eigenvalue weighted by Gasteiger charge is -2.06. The van der Waals surface area contributed by atoms with Crippen LogP contribution in [0.1, 0.15) is 0 Å². The molecule has 1 aliphatic heterocycles. The lowest BCUT2D eigenvalue weighted by Crippen LogP contribution is -2.32. The molecule has 3 N–H and O–H groups in total. The van der Waals surface area contributed by atoms with Crippen molar-refractivity contribution < 1.29 is 4.74 Å². The molecule has 0 bridgehead atoms. The maximum Gasteiger partial charge on any atom is 0.320 e. The van der Waals surface area contributed by atoms with Gasteiger partial charge in [-0.3, -0.25) is 0 Å². The fraction of sp³-hybridized carbons (Fsp3) is 0.167. The number of hydrogen-bond donors (Lipinski definition) is 2. The van der Waals surface area contributed by atoms with Crippen LogP contribution in [0.15, 0.2) is 27.4 Å². The minimum Gasteiger partial charge on any atom is -0.467 e. The first-order valence-electron chi connectivity index (χ1n) is 3.17. The Morgan fingerprint density at radius 2 is 2.42 bits per heavy atom. The van der Waals surface area contributed by atoms with Crippen LogP contribution in [0.25, 0.3) is 0 Å². The number of amidine groups is 1. The highest BCUT2D eigenvalue weighted by atomic mass is 16.5. The van der Waals surface area contributed by atoms with Gasteiger partial charge in [0.1, 0.15) is 12.2 Å². The van der Waals surface area contributed by atoms with Crippen LogP contribution in [-0.2, 0) is 4.74 Å². The number of aliphatic imine (C=N–C) groups is 3. The number of nitrogens with zero attached hydrogens (tertiary/aromatic N) is 3. The summed E-state index contributed by atoms with van der Waals surface area (Å²) in [5.74, 6) is 0.535. The average Bonchev–Trinajstić information content (AvgIpc) is 1.99. The van der Waals surface area contributed by atoms with Gasteiger partial charge in [-0.1, -0.05) is 6.58 Å². The first-order valence-corrected chi connectivity index (χ1v) is 3.17. The van der Waals surface area contributed by atoms with Crippen LogP contribution >= 0.6 is 0 Å². The highest BCUT2D eigenvalue weighted by Gasteiger charge is 2.00. The lowest BCUT2D eigenvalue weighted by molar-refractivity contribution is 0.398. The van der Waals surface area contributed by atoms with E-state index in [0.717, 1.165) is 0 Å². The summed E-state index contributed by atoms with van der Waals surface area (Å²) in [6.07, 6.45) is 1.28. The van der Waals surface area contributed by atoms with Crippen molar-refractivity contribution in [3.8, 4) is 0 Å². The van der Waals surface area contributed by atoms with Crippen molar-refractivity contribution in [2.24, 2.45) is 20.7 Å². The van der Waals surface area contributed by atoms with Crippen LogP contribution in [0.4, 0.5) is 0 Å². The molecule has 0 saturated heterocycles. The molecule has 0 saturated carbocycles. The topological polar surface area (TPSA) is 84.4 Å². The molecule has 0 aromatic rings. The van der Waals surface area contributed by atoms with Crippen molar-refractivity contribution in [3.05, 3.63) is 12.4 Å². The third-order valence-electron chi connectivity index (χ3n) is 1.05. The van der Waals surface area contributed by atoms with Gasteiger partial charge < -0.3 is 15.8 Å². The van der Waals surface area contributed by atoms with Crippen molar-refractivity contribution in [1.82, 2.24) is 5.32 Å². The molecule has 0 atom stereocenters. The van der Waals surface area contributed by atoms with E-state index in [1.54, 1.807) is 0 Å². The molecule has 0 aromatic carbocycles. The van der Waals surface area contributed by atoms with E-state index < -0.39 is 0 Å². The van der Waals surface area contributed by atoms with Crippen molar-refractivity contribution >= 4 is 18.3 Å². The quantitative estimate of drug-likeness (QED) is 0.505. The monoisotopic (exact) mass is 167 g/mol. The predicted molar refractivity (Wildman–Crippen MR) is 46.8 cm³/mol. The molecule has 1 aliphatic rings. The van der Waals surface area contributed by atoms with Crippen LogP contribution in [0.3, 0.4) is 0 Å². The summed E-state index contributed by atoms with van der Waals surface area (Å²) >= 11 is 0. The molecule has 6 heteroatoms. The third-order valence-corrected chi connectivity index (χ3v) is 1.05. The molecular weight excluding hydrogens is 158 g/mol. The number of nitrogens with two attached hydrogens (primary N) is 1. The summed E-state index contributed by atoms with van der Waals surface area (Å²) in [7, 11) is 1.44. The van der Waals surface area contributed by atoms with Gasteiger partial charge in [0.15, 0.2) is 0 Å². The maximum absolute atomic E-state index is 5.40. The molecule has 1 rings (SSSR count). The molecule has 0 fully saturated rings. The zero-order chi connectivity index (χ0) is 8.97. The summed E-state index contributed by atoms with van der Waals surface area (Å²) in [5.41, 5.74) is 5.40. The number of rotatable bonds is 0. The van der Waals surface area contributed by atoms with E-state index in [1.807, 2.05) is 0 Å². The molecule has 1 heterocycles. The minimum absolute atomic E-state index is 0.149. The SMILES string of the molecule is C=C1N=CN=C(OC)N=C(N)N1. The highest BCUT2D eigenvalue weighted by molar-refractivity contribution is 5.95. The molecule has 0 radical (unpaired) electrons. The van der Waals surface area contributed by atoms with Crippen molar-refractivity contribution in [1.29, 1.82) is 0 Å². The average molecular weight is 167 g/mol. The van der Waals surface area contributed by atoms with Gasteiger partial charge in [0, 0.05) is 0 Å². The van der Waals surface area contributed by atoms with E-state index in [-0.39, 0.29) is 12.0 Å². The Bertz CT molecular complexity index is 275.